The Kier molecular flexibility index (Phi) is 7.86. The summed E-state index contributed by atoms with van der Waals surface area (Å²) in [4.78, 5) is 42.7. The first-order valence-corrected chi connectivity index (χ1v) is 13.7. The number of fused-ring (bicyclic) bond motifs is 1. The standard InChI is InChI=1S/C26H23N3O6S2/c1-35-25(32)19-9-12-21-22(15-19)28-26(36-16-23(30)18-5-3-2-4-6-18)29(24(21)31)14-13-17-7-10-20(11-8-17)37(27,33)34/h2-12,15H,13-14,16H2,1H3,(H2,27,33,34). The maximum Gasteiger partial charge on any atom is 0.337 e. The summed E-state index contributed by atoms with van der Waals surface area (Å²) in [6, 6.07) is 19.4. The molecule has 0 aliphatic heterocycles. The second kappa shape index (κ2) is 11.1. The molecule has 37 heavy (non-hydrogen) atoms. The number of ether oxygens (including phenoxy) is 1. The fourth-order valence-corrected chi connectivity index (χ4v) is 5.11. The van der Waals surface area contributed by atoms with Crippen LogP contribution in [-0.2, 0) is 27.7 Å². The van der Waals surface area contributed by atoms with Gasteiger partial charge in [-0.1, -0.05) is 54.2 Å². The molecule has 4 rings (SSSR count). The van der Waals surface area contributed by atoms with Crippen molar-refractivity contribution < 1.29 is 22.7 Å². The second-order valence-corrected chi connectivity index (χ2v) is 10.6. The van der Waals surface area contributed by atoms with E-state index in [-0.39, 0.29) is 34.1 Å². The van der Waals surface area contributed by atoms with Crippen LogP contribution < -0.4 is 10.7 Å². The molecule has 4 aromatic rings. The molecule has 0 amide bonds. The molecular formula is C26H23N3O6S2. The second-order valence-electron chi connectivity index (χ2n) is 8.09. The molecule has 0 aliphatic rings. The van der Waals surface area contributed by atoms with Crippen LogP contribution in [0.3, 0.4) is 0 Å². The summed E-state index contributed by atoms with van der Waals surface area (Å²) in [5.41, 5.74) is 1.59. The van der Waals surface area contributed by atoms with Crippen molar-refractivity contribution in [3.63, 3.8) is 0 Å². The van der Waals surface area contributed by atoms with E-state index in [2.05, 4.69) is 4.98 Å². The first-order chi connectivity index (χ1) is 17.7. The van der Waals surface area contributed by atoms with Gasteiger partial charge in [-0.25, -0.2) is 23.3 Å². The number of Topliss-reactive ketones (excluding diaryl/α,β-unsaturated/α-hetero) is 1. The number of thioether (sulfide) groups is 1. The summed E-state index contributed by atoms with van der Waals surface area (Å²) in [6.45, 7) is 0.233. The molecule has 11 heteroatoms. The van der Waals surface area contributed by atoms with E-state index < -0.39 is 16.0 Å². The number of rotatable bonds is 9. The van der Waals surface area contributed by atoms with Gasteiger partial charge in [0, 0.05) is 12.1 Å². The summed E-state index contributed by atoms with van der Waals surface area (Å²) >= 11 is 1.13. The first-order valence-electron chi connectivity index (χ1n) is 11.1. The van der Waals surface area contributed by atoms with Crippen molar-refractivity contribution >= 4 is 44.4 Å². The van der Waals surface area contributed by atoms with Crippen LogP contribution in [0.4, 0.5) is 0 Å². The maximum absolute atomic E-state index is 13.4. The van der Waals surface area contributed by atoms with E-state index in [1.165, 1.54) is 42.0 Å². The Labute approximate surface area is 217 Å². The zero-order chi connectivity index (χ0) is 26.6. The molecule has 0 spiro atoms. The number of sulfonamides is 1. The number of aromatic nitrogens is 2. The van der Waals surface area contributed by atoms with E-state index in [0.717, 1.165) is 17.3 Å². The lowest BCUT2D eigenvalue weighted by Gasteiger charge is -2.14. The maximum atomic E-state index is 13.4. The fourth-order valence-electron chi connectivity index (χ4n) is 3.68. The minimum absolute atomic E-state index is 0.00197. The molecule has 2 N–H and O–H groups in total. The molecule has 1 heterocycles. The van der Waals surface area contributed by atoms with Crippen LogP contribution >= 0.6 is 11.8 Å². The zero-order valence-electron chi connectivity index (χ0n) is 19.8. The van der Waals surface area contributed by atoms with Crippen LogP contribution in [0.15, 0.2) is 87.6 Å². The van der Waals surface area contributed by atoms with E-state index in [1.807, 2.05) is 6.07 Å². The number of benzene rings is 3. The summed E-state index contributed by atoms with van der Waals surface area (Å²) in [5, 5.41) is 5.80. The summed E-state index contributed by atoms with van der Waals surface area (Å²) < 4.78 is 29.3. The van der Waals surface area contributed by atoms with Crippen LogP contribution in [0.2, 0.25) is 0 Å². The number of hydrogen-bond donors (Lipinski definition) is 1. The van der Waals surface area contributed by atoms with Gasteiger partial charge in [-0.3, -0.25) is 14.2 Å². The molecule has 0 saturated heterocycles. The van der Waals surface area contributed by atoms with E-state index in [4.69, 9.17) is 9.88 Å². The van der Waals surface area contributed by atoms with Gasteiger partial charge in [0.2, 0.25) is 10.0 Å². The van der Waals surface area contributed by atoms with Crippen molar-refractivity contribution in [3.8, 4) is 0 Å². The van der Waals surface area contributed by atoms with Crippen molar-refractivity contribution in [2.45, 2.75) is 23.0 Å². The smallest absolute Gasteiger partial charge is 0.337 e. The third-order valence-corrected chi connectivity index (χ3v) is 7.55. The molecule has 3 aromatic carbocycles. The van der Waals surface area contributed by atoms with Gasteiger partial charge in [0.25, 0.3) is 5.56 Å². The lowest BCUT2D eigenvalue weighted by molar-refractivity contribution is 0.0600. The molecule has 0 saturated carbocycles. The third-order valence-electron chi connectivity index (χ3n) is 5.65. The van der Waals surface area contributed by atoms with Gasteiger partial charge in [0.1, 0.15) is 0 Å². The van der Waals surface area contributed by atoms with E-state index in [1.54, 1.807) is 36.4 Å². The topological polar surface area (TPSA) is 138 Å². The molecule has 190 valence electrons. The Hall–Kier alpha value is -3.80. The Morgan fingerprint density at radius 3 is 2.35 bits per heavy atom. The number of ketones is 1. The predicted octanol–water partition coefficient (Wildman–Crippen LogP) is 3.05. The van der Waals surface area contributed by atoms with Crippen molar-refractivity contribution in [1.29, 1.82) is 0 Å². The predicted molar refractivity (Wildman–Crippen MR) is 140 cm³/mol. The Morgan fingerprint density at radius 2 is 1.70 bits per heavy atom. The highest BCUT2D eigenvalue weighted by molar-refractivity contribution is 7.99. The molecule has 0 aliphatic carbocycles. The summed E-state index contributed by atoms with van der Waals surface area (Å²) in [5.74, 6) is -0.612. The quantitative estimate of drug-likeness (QED) is 0.149. The molecule has 0 radical (unpaired) electrons. The normalized spacial score (nSPS) is 11.4. The van der Waals surface area contributed by atoms with Gasteiger partial charge in [-0.2, -0.15) is 0 Å². The largest absolute Gasteiger partial charge is 0.465 e. The van der Waals surface area contributed by atoms with E-state index in [0.29, 0.717) is 28.0 Å². The highest BCUT2D eigenvalue weighted by Crippen LogP contribution is 2.21. The molecule has 0 atom stereocenters. The molecular weight excluding hydrogens is 514 g/mol. The van der Waals surface area contributed by atoms with Gasteiger partial charge in [0.15, 0.2) is 10.9 Å². The number of nitrogens with two attached hydrogens (primary N) is 1. The highest BCUT2D eigenvalue weighted by atomic mass is 32.2. The van der Waals surface area contributed by atoms with Crippen molar-refractivity contribution in [2.24, 2.45) is 5.14 Å². The van der Waals surface area contributed by atoms with Crippen LogP contribution in [0.1, 0.15) is 26.3 Å². The number of esters is 1. The number of nitrogens with zero attached hydrogens (tertiary/aromatic N) is 2. The van der Waals surface area contributed by atoms with Crippen molar-refractivity contribution in [1.82, 2.24) is 9.55 Å². The minimum Gasteiger partial charge on any atom is -0.465 e. The minimum atomic E-state index is -3.81. The Balaban J connectivity index is 1.68. The summed E-state index contributed by atoms with van der Waals surface area (Å²) in [6.07, 6.45) is 0.401. The number of carbonyl (C=O) groups excluding carboxylic acids is 2. The molecule has 0 unspecified atom stereocenters. The fraction of sp³-hybridized carbons (Fsp3) is 0.154. The molecule has 0 fully saturated rings. The first kappa shape index (κ1) is 26.3. The number of hydrogen-bond acceptors (Lipinski definition) is 8. The van der Waals surface area contributed by atoms with E-state index >= 15 is 0 Å². The van der Waals surface area contributed by atoms with Crippen LogP contribution in [0.25, 0.3) is 10.9 Å². The van der Waals surface area contributed by atoms with Crippen LogP contribution in [0.5, 0.6) is 0 Å². The number of methoxy groups -OCH3 is 1. The number of primary sulfonamides is 1. The van der Waals surface area contributed by atoms with Gasteiger partial charge < -0.3 is 4.74 Å². The summed E-state index contributed by atoms with van der Waals surface area (Å²) in [7, 11) is -2.54. The van der Waals surface area contributed by atoms with Gasteiger partial charge in [-0.15, -0.1) is 0 Å². The number of aryl methyl sites for hydroxylation is 1. The van der Waals surface area contributed by atoms with Crippen molar-refractivity contribution in [2.75, 3.05) is 12.9 Å². The molecule has 9 nitrogen and oxygen atoms in total. The lowest BCUT2D eigenvalue weighted by Crippen LogP contribution is -2.25. The van der Waals surface area contributed by atoms with Gasteiger partial charge >= 0.3 is 5.97 Å². The van der Waals surface area contributed by atoms with Crippen molar-refractivity contribution in [3.05, 3.63) is 99.8 Å². The average Bonchev–Trinajstić information content (AvgIpc) is 2.90. The lowest BCUT2D eigenvalue weighted by atomic mass is 10.1. The van der Waals surface area contributed by atoms with Gasteiger partial charge in [0.05, 0.1) is 34.2 Å². The highest BCUT2D eigenvalue weighted by Gasteiger charge is 2.16. The monoisotopic (exact) mass is 537 g/mol. The molecule has 0 bridgehead atoms. The Bertz CT molecular complexity index is 1630. The van der Waals surface area contributed by atoms with Crippen LogP contribution in [0, 0.1) is 0 Å². The van der Waals surface area contributed by atoms with Gasteiger partial charge in [-0.05, 0) is 42.3 Å². The Morgan fingerprint density at radius 1 is 1.00 bits per heavy atom. The third kappa shape index (κ3) is 6.13. The van der Waals surface area contributed by atoms with Crippen LogP contribution in [-0.4, -0.2) is 42.6 Å². The SMILES string of the molecule is COC(=O)c1ccc2c(=O)n(CCc3ccc(S(N)(=O)=O)cc3)c(SCC(=O)c3ccccc3)nc2c1. The number of carbonyl (C=O) groups is 2. The van der Waals surface area contributed by atoms with E-state index in [9.17, 15) is 22.8 Å². The zero-order valence-corrected chi connectivity index (χ0v) is 21.4. The molecule has 1 aromatic heterocycles. The average molecular weight is 538 g/mol.